The number of aromatic nitrogens is 4. The number of thiophene rings is 1. The number of anilines is 1. The van der Waals surface area contributed by atoms with Crippen LogP contribution in [0.3, 0.4) is 0 Å². The van der Waals surface area contributed by atoms with Crippen LogP contribution in [0.2, 0.25) is 0 Å². The lowest BCUT2D eigenvalue weighted by atomic mass is 10.1. The monoisotopic (exact) mass is 524 g/mol. The van der Waals surface area contributed by atoms with E-state index >= 15 is 0 Å². The smallest absolute Gasteiger partial charge is 0.251 e. The molecule has 0 bridgehead atoms. The van der Waals surface area contributed by atoms with Crippen molar-refractivity contribution in [2.24, 2.45) is 0 Å². The molecule has 6 rings (SSSR count). The van der Waals surface area contributed by atoms with Gasteiger partial charge in [0.2, 0.25) is 0 Å². The topological polar surface area (TPSA) is 105 Å². The SMILES string of the molecule is C[C@H](O)C(=O)N1CC(Nc2ccc3c(n2)-c2sc(-c4ncnn4-c4ccc(F)cc4F)cc2CCO3)C1. The molecule has 37 heavy (non-hydrogen) atoms. The number of aliphatic hydroxyl groups excluding tert-OH is 1. The molecule has 12 heteroatoms. The summed E-state index contributed by atoms with van der Waals surface area (Å²) in [7, 11) is 0. The van der Waals surface area contributed by atoms with Gasteiger partial charge in [-0.25, -0.2) is 23.4 Å². The van der Waals surface area contributed by atoms with Gasteiger partial charge in [-0.2, -0.15) is 5.10 Å². The van der Waals surface area contributed by atoms with Crippen LogP contribution in [0.5, 0.6) is 5.75 Å². The number of carbonyl (C=O) groups is 1. The van der Waals surface area contributed by atoms with E-state index in [1.54, 1.807) is 4.90 Å². The number of nitrogens with zero attached hydrogens (tertiary/aromatic N) is 5. The standard InChI is InChI=1S/C25H22F2N6O3S/c1-13(34)25(35)32-10-16(11-32)30-21-5-4-19-22(31-21)23-14(6-7-36-19)8-20(37-23)24-28-12-29-33(24)18-3-2-15(26)9-17(18)27/h2-5,8-9,12-13,16,34H,6-7,10-11H2,1H3,(H,30,31)/t13-/m0/s1. The number of ether oxygens (including phenoxy) is 1. The quantitative estimate of drug-likeness (QED) is 0.413. The van der Waals surface area contributed by atoms with Gasteiger partial charge in [0, 0.05) is 25.6 Å². The minimum absolute atomic E-state index is 0.0301. The average molecular weight is 525 g/mol. The van der Waals surface area contributed by atoms with Crippen LogP contribution in [0, 0.1) is 11.6 Å². The van der Waals surface area contributed by atoms with E-state index < -0.39 is 17.7 Å². The zero-order valence-corrected chi connectivity index (χ0v) is 20.5. The van der Waals surface area contributed by atoms with Crippen molar-refractivity contribution in [1.82, 2.24) is 24.6 Å². The molecule has 5 heterocycles. The Labute approximate surface area is 214 Å². The molecule has 4 aromatic rings. The fourth-order valence-electron chi connectivity index (χ4n) is 4.46. The maximum Gasteiger partial charge on any atom is 0.251 e. The summed E-state index contributed by atoms with van der Waals surface area (Å²) < 4.78 is 35.2. The van der Waals surface area contributed by atoms with Crippen LogP contribution >= 0.6 is 11.3 Å². The Kier molecular flexibility index (Phi) is 5.84. The number of amides is 1. The van der Waals surface area contributed by atoms with E-state index in [2.05, 4.69) is 15.4 Å². The van der Waals surface area contributed by atoms with Gasteiger partial charge in [-0.1, -0.05) is 0 Å². The lowest BCUT2D eigenvalue weighted by Gasteiger charge is -2.40. The number of hydrogen-bond donors (Lipinski definition) is 2. The number of benzene rings is 1. The predicted octanol–water partition coefficient (Wildman–Crippen LogP) is 3.27. The molecule has 0 radical (unpaired) electrons. The van der Waals surface area contributed by atoms with E-state index in [0.29, 0.717) is 49.2 Å². The highest BCUT2D eigenvalue weighted by Crippen LogP contribution is 2.43. The third kappa shape index (κ3) is 4.31. The summed E-state index contributed by atoms with van der Waals surface area (Å²) in [4.78, 5) is 24.4. The summed E-state index contributed by atoms with van der Waals surface area (Å²) in [5, 5.41) is 17.0. The normalized spacial score (nSPS) is 15.7. The van der Waals surface area contributed by atoms with E-state index in [1.165, 1.54) is 41.4 Å². The van der Waals surface area contributed by atoms with Crippen LogP contribution in [0.4, 0.5) is 14.6 Å². The number of carbonyl (C=O) groups excluding carboxylic acids is 1. The molecular formula is C25H22F2N6O3S. The molecule has 2 N–H and O–H groups in total. The van der Waals surface area contributed by atoms with E-state index in [-0.39, 0.29) is 17.6 Å². The molecule has 2 aliphatic rings. The number of hydrogen-bond acceptors (Lipinski definition) is 8. The number of fused-ring (bicyclic) bond motifs is 3. The fourth-order valence-corrected chi connectivity index (χ4v) is 5.65. The Morgan fingerprint density at radius 3 is 2.86 bits per heavy atom. The van der Waals surface area contributed by atoms with Crippen LogP contribution in [0.1, 0.15) is 12.5 Å². The van der Waals surface area contributed by atoms with Crippen LogP contribution in [-0.4, -0.2) is 67.5 Å². The Hall–Kier alpha value is -3.90. The first-order valence-corrected chi connectivity index (χ1v) is 12.5. The maximum absolute atomic E-state index is 14.5. The highest BCUT2D eigenvalue weighted by atomic mass is 32.1. The predicted molar refractivity (Wildman–Crippen MR) is 133 cm³/mol. The number of likely N-dealkylation sites (tertiary alicyclic amines) is 1. The van der Waals surface area contributed by atoms with Gasteiger partial charge in [0.15, 0.2) is 11.6 Å². The maximum atomic E-state index is 14.5. The number of rotatable bonds is 5. The zero-order valence-electron chi connectivity index (χ0n) is 19.7. The van der Waals surface area contributed by atoms with E-state index in [0.717, 1.165) is 21.4 Å². The first-order chi connectivity index (χ1) is 17.9. The molecule has 3 aromatic heterocycles. The summed E-state index contributed by atoms with van der Waals surface area (Å²) in [6.45, 7) is 2.91. The van der Waals surface area contributed by atoms with Crippen LogP contribution in [0.25, 0.3) is 27.0 Å². The van der Waals surface area contributed by atoms with Crippen molar-refractivity contribution in [3.8, 4) is 32.7 Å². The van der Waals surface area contributed by atoms with Crippen molar-refractivity contribution in [2.45, 2.75) is 25.5 Å². The first kappa shape index (κ1) is 23.5. The van der Waals surface area contributed by atoms with Crippen LogP contribution in [-0.2, 0) is 11.2 Å². The lowest BCUT2D eigenvalue weighted by Crippen LogP contribution is -2.59. The molecule has 0 saturated carbocycles. The van der Waals surface area contributed by atoms with E-state index in [4.69, 9.17) is 9.72 Å². The van der Waals surface area contributed by atoms with Crippen LogP contribution < -0.4 is 10.1 Å². The van der Waals surface area contributed by atoms with Crippen molar-refractivity contribution in [1.29, 1.82) is 0 Å². The van der Waals surface area contributed by atoms with E-state index in [1.807, 2.05) is 18.2 Å². The van der Waals surface area contributed by atoms with Gasteiger partial charge in [-0.05, 0) is 42.8 Å². The molecule has 9 nitrogen and oxygen atoms in total. The summed E-state index contributed by atoms with van der Waals surface area (Å²) in [5.41, 5.74) is 1.81. The number of pyridine rings is 1. The molecule has 0 spiro atoms. The molecule has 0 aliphatic carbocycles. The molecule has 190 valence electrons. The van der Waals surface area contributed by atoms with Crippen molar-refractivity contribution in [2.75, 3.05) is 25.0 Å². The van der Waals surface area contributed by atoms with E-state index in [9.17, 15) is 18.7 Å². The molecule has 1 aromatic carbocycles. The minimum atomic E-state index is -1.01. The van der Waals surface area contributed by atoms with Crippen molar-refractivity contribution in [3.05, 3.63) is 59.9 Å². The Balaban J connectivity index is 1.30. The molecule has 0 unspecified atom stereocenters. The van der Waals surface area contributed by atoms with Gasteiger partial charge < -0.3 is 20.1 Å². The van der Waals surface area contributed by atoms with Gasteiger partial charge in [0.05, 0.1) is 22.4 Å². The van der Waals surface area contributed by atoms with Crippen molar-refractivity contribution < 1.29 is 23.4 Å². The molecule has 1 fully saturated rings. The molecule has 1 amide bonds. The molecule has 1 saturated heterocycles. The second-order valence-electron chi connectivity index (χ2n) is 8.96. The average Bonchev–Trinajstić information content (AvgIpc) is 3.45. The Morgan fingerprint density at radius 1 is 1.24 bits per heavy atom. The first-order valence-electron chi connectivity index (χ1n) is 11.7. The molecule has 2 aliphatic heterocycles. The van der Waals surface area contributed by atoms with Gasteiger partial charge in [0.25, 0.3) is 5.91 Å². The summed E-state index contributed by atoms with van der Waals surface area (Å²) in [6.07, 6.45) is 0.980. The van der Waals surface area contributed by atoms with Gasteiger partial charge in [0.1, 0.15) is 41.2 Å². The zero-order chi connectivity index (χ0) is 25.7. The van der Waals surface area contributed by atoms with Gasteiger partial charge in [-0.3, -0.25) is 4.79 Å². The minimum Gasteiger partial charge on any atom is -0.491 e. The third-order valence-corrected chi connectivity index (χ3v) is 7.50. The van der Waals surface area contributed by atoms with Crippen molar-refractivity contribution in [3.63, 3.8) is 0 Å². The number of nitrogens with one attached hydrogen (secondary N) is 1. The lowest BCUT2D eigenvalue weighted by molar-refractivity contribution is -0.143. The second-order valence-corrected chi connectivity index (χ2v) is 10.0. The largest absolute Gasteiger partial charge is 0.491 e. The third-order valence-electron chi connectivity index (χ3n) is 6.32. The van der Waals surface area contributed by atoms with Gasteiger partial charge >= 0.3 is 0 Å². The molecular weight excluding hydrogens is 502 g/mol. The Bertz CT molecular complexity index is 1500. The summed E-state index contributed by atoms with van der Waals surface area (Å²) in [6, 6.07) is 9.05. The van der Waals surface area contributed by atoms with Crippen LogP contribution in [0.15, 0.2) is 42.7 Å². The van der Waals surface area contributed by atoms with Crippen molar-refractivity contribution >= 4 is 23.1 Å². The van der Waals surface area contributed by atoms with Gasteiger partial charge in [-0.15, -0.1) is 11.3 Å². The summed E-state index contributed by atoms with van der Waals surface area (Å²) >= 11 is 1.45. The number of aliphatic hydroxyl groups is 1. The Morgan fingerprint density at radius 2 is 2.08 bits per heavy atom. The fraction of sp³-hybridized carbons (Fsp3) is 0.280. The summed E-state index contributed by atoms with van der Waals surface area (Å²) in [5.74, 6) is 0.0648. The highest BCUT2D eigenvalue weighted by molar-refractivity contribution is 7.19. The second kappa shape index (κ2) is 9.20. The highest BCUT2D eigenvalue weighted by Gasteiger charge is 2.33. The molecule has 1 atom stereocenters. The number of halogens is 2.